The van der Waals surface area contributed by atoms with Gasteiger partial charge >= 0.3 is 0 Å². The third-order valence-corrected chi connectivity index (χ3v) is 2.94. The quantitative estimate of drug-likeness (QED) is 0.798. The summed E-state index contributed by atoms with van der Waals surface area (Å²) >= 11 is 0. The summed E-state index contributed by atoms with van der Waals surface area (Å²) in [6, 6.07) is 3.83. The maximum Gasteiger partial charge on any atom is 0.121 e. The van der Waals surface area contributed by atoms with Crippen LogP contribution in [0.5, 0.6) is 5.75 Å². The Labute approximate surface area is 90.9 Å². The zero-order valence-corrected chi connectivity index (χ0v) is 9.79. The molecule has 1 unspecified atom stereocenters. The number of aryl methyl sites for hydroxylation is 2. The highest BCUT2D eigenvalue weighted by Crippen LogP contribution is 2.30. The van der Waals surface area contributed by atoms with E-state index < -0.39 is 5.60 Å². The number of methoxy groups -OCH3 is 1. The van der Waals surface area contributed by atoms with E-state index in [-0.39, 0.29) is 0 Å². The minimum Gasteiger partial charge on any atom is -0.507 e. The Balaban J connectivity index is 3.27. The Hall–Kier alpha value is -1.06. The molecule has 0 aliphatic carbocycles. The molecule has 15 heavy (non-hydrogen) atoms. The van der Waals surface area contributed by atoms with E-state index in [0.29, 0.717) is 12.3 Å². The van der Waals surface area contributed by atoms with Crippen LogP contribution in [0.2, 0.25) is 0 Å². The van der Waals surface area contributed by atoms with E-state index in [2.05, 4.69) is 0 Å². The highest BCUT2D eigenvalue weighted by atomic mass is 16.5. The minimum atomic E-state index is -0.483. The Morgan fingerprint density at radius 2 is 1.80 bits per heavy atom. The first-order valence-electron chi connectivity index (χ1n) is 5.00. The highest BCUT2D eigenvalue weighted by molar-refractivity contribution is 5.44. The van der Waals surface area contributed by atoms with Crippen LogP contribution >= 0.6 is 0 Å². The van der Waals surface area contributed by atoms with Crippen LogP contribution in [0.3, 0.4) is 0 Å². The molecule has 3 nitrogen and oxygen atoms in total. The number of benzene rings is 1. The molecule has 84 valence electrons. The Kier molecular flexibility index (Phi) is 3.37. The smallest absolute Gasteiger partial charge is 0.121 e. The maximum absolute atomic E-state index is 9.67. The summed E-state index contributed by atoms with van der Waals surface area (Å²) in [5, 5.41) is 9.67. The second-order valence-electron chi connectivity index (χ2n) is 4.10. The van der Waals surface area contributed by atoms with Crippen LogP contribution in [0, 0.1) is 13.8 Å². The second kappa shape index (κ2) is 4.21. The van der Waals surface area contributed by atoms with Crippen molar-refractivity contribution < 1.29 is 9.84 Å². The lowest BCUT2D eigenvalue weighted by atomic mass is 9.92. The van der Waals surface area contributed by atoms with Gasteiger partial charge in [0.25, 0.3) is 0 Å². The SMILES string of the molecule is COC(C)(CN)c1cc(C)c(O)c(C)c1. The number of phenolic OH excluding ortho intramolecular Hbond substituents is 1. The van der Waals surface area contributed by atoms with Crippen molar-refractivity contribution in [1.29, 1.82) is 0 Å². The van der Waals surface area contributed by atoms with Gasteiger partial charge in [-0.2, -0.15) is 0 Å². The number of hydrogen-bond donors (Lipinski definition) is 2. The van der Waals surface area contributed by atoms with Crippen LogP contribution in [0.4, 0.5) is 0 Å². The third-order valence-electron chi connectivity index (χ3n) is 2.94. The van der Waals surface area contributed by atoms with Crippen LogP contribution in [-0.2, 0) is 10.3 Å². The van der Waals surface area contributed by atoms with Gasteiger partial charge in [0.15, 0.2) is 0 Å². The summed E-state index contributed by atoms with van der Waals surface area (Å²) in [6.45, 7) is 6.10. The van der Waals surface area contributed by atoms with Gasteiger partial charge in [0.1, 0.15) is 11.4 Å². The van der Waals surface area contributed by atoms with Gasteiger partial charge in [-0.15, -0.1) is 0 Å². The van der Waals surface area contributed by atoms with E-state index in [1.165, 1.54) is 0 Å². The number of nitrogens with two attached hydrogens (primary N) is 1. The summed E-state index contributed by atoms with van der Waals surface area (Å²) in [5.41, 5.74) is 7.92. The monoisotopic (exact) mass is 209 g/mol. The topological polar surface area (TPSA) is 55.5 Å². The lowest BCUT2D eigenvalue weighted by molar-refractivity contribution is 0.00996. The summed E-state index contributed by atoms with van der Waals surface area (Å²) in [6.07, 6.45) is 0. The number of ether oxygens (including phenoxy) is 1. The van der Waals surface area contributed by atoms with E-state index in [9.17, 15) is 5.11 Å². The molecule has 1 atom stereocenters. The van der Waals surface area contributed by atoms with Crippen LogP contribution in [0.15, 0.2) is 12.1 Å². The largest absolute Gasteiger partial charge is 0.507 e. The first kappa shape index (κ1) is 12.0. The lowest BCUT2D eigenvalue weighted by Crippen LogP contribution is -2.33. The van der Waals surface area contributed by atoms with Crippen LogP contribution < -0.4 is 5.73 Å². The van der Waals surface area contributed by atoms with Gasteiger partial charge in [-0.3, -0.25) is 0 Å². The fraction of sp³-hybridized carbons (Fsp3) is 0.500. The van der Waals surface area contributed by atoms with Gasteiger partial charge in [0, 0.05) is 13.7 Å². The number of hydrogen-bond acceptors (Lipinski definition) is 3. The van der Waals surface area contributed by atoms with Crippen LogP contribution in [0.1, 0.15) is 23.6 Å². The van der Waals surface area contributed by atoms with Crippen molar-refractivity contribution >= 4 is 0 Å². The fourth-order valence-corrected chi connectivity index (χ4v) is 1.58. The molecule has 0 saturated carbocycles. The zero-order valence-electron chi connectivity index (χ0n) is 9.79. The summed E-state index contributed by atoms with van der Waals surface area (Å²) in [5.74, 6) is 0.342. The second-order valence-corrected chi connectivity index (χ2v) is 4.10. The molecule has 0 radical (unpaired) electrons. The van der Waals surface area contributed by atoms with Gasteiger partial charge in [-0.05, 0) is 49.6 Å². The van der Waals surface area contributed by atoms with Gasteiger partial charge in [0.05, 0.1) is 0 Å². The first-order valence-corrected chi connectivity index (χ1v) is 5.00. The number of rotatable bonds is 3. The molecule has 1 aromatic carbocycles. The predicted molar refractivity (Wildman–Crippen MR) is 61.0 cm³/mol. The Morgan fingerprint density at radius 3 is 2.13 bits per heavy atom. The molecular formula is C12H19NO2. The van der Waals surface area contributed by atoms with Gasteiger partial charge in [-0.1, -0.05) is 0 Å². The highest BCUT2D eigenvalue weighted by Gasteiger charge is 2.25. The van der Waals surface area contributed by atoms with Crippen molar-refractivity contribution in [3.05, 3.63) is 28.8 Å². The van der Waals surface area contributed by atoms with E-state index in [4.69, 9.17) is 10.5 Å². The van der Waals surface area contributed by atoms with E-state index >= 15 is 0 Å². The van der Waals surface area contributed by atoms with E-state index in [1.54, 1.807) is 7.11 Å². The van der Waals surface area contributed by atoms with Crippen molar-refractivity contribution in [3.63, 3.8) is 0 Å². The predicted octanol–water partition coefficient (Wildman–Crippen LogP) is 1.83. The summed E-state index contributed by atoms with van der Waals surface area (Å²) in [4.78, 5) is 0. The van der Waals surface area contributed by atoms with Crippen molar-refractivity contribution in [2.75, 3.05) is 13.7 Å². The molecule has 0 amide bonds. The molecule has 0 saturated heterocycles. The van der Waals surface area contributed by atoms with Gasteiger partial charge < -0.3 is 15.6 Å². The zero-order chi connectivity index (χ0) is 11.6. The molecule has 0 heterocycles. The Morgan fingerprint density at radius 1 is 1.33 bits per heavy atom. The molecule has 0 bridgehead atoms. The average Bonchev–Trinajstić information content (AvgIpc) is 2.24. The minimum absolute atomic E-state index is 0.342. The molecule has 0 fully saturated rings. The normalized spacial score (nSPS) is 15.0. The molecule has 0 aromatic heterocycles. The average molecular weight is 209 g/mol. The molecule has 3 heteroatoms. The van der Waals surface area contributed by atoms with Gasteiger partial charge in [0.2, 0.25) is 0 Å². The Bertz CT molecular complexity index is 334. The van der Waals surface area contributed by atoms with Crippen molar-refractivity contribution in [2.45, 2.75) is 26.4 Å². The molecule has 0 aliphatic rings. The number of aromatic hydroxyl groups is 1. The van der Waals surface area contributed by atoms with Gasteiger partial charge in [-0.25, -0.2) is 0 Å². The first-order chi connectivity index (χ1) is 6.94. The van der Waals surface area contributed by atoms with Crippen molar-refractivity contribution in [3.8, 4) is 5.75 Å². The summed E-state index contributed by atoms with van der Waals surface area (Å²) < 4.78 is 5.42. The maximum atomic E-state index is 9.67. The summed E-state index contributed by atoms with van der Waals surface area (Å²) in [7, 11) is 1.64. The third kappa shape index (κ3) is 2.13. The molecule has 0 spiro atoms. The standard InChI is InChI=1S/C12H19NO2/c1-8-5-10(6-9(2)11(8)14)12(3,7-13)15-4/h5-6,14H,7,13H2,1-4H3. The molecule has 0 aliphatic heterocycles. The van der Waals surface area contributed by atoms with Crippen LogP contribution in [-0.4, -0.2) is 18.8 Å². The van der Waals surface area contributed by atoms with Crippen molar-refractivity contribution in [1.82, 2.24) is 0 Å². The van der Waals surface area contributed by atoms with Crippen molar-refractivity contribution in [2.24, 2.45) is 5.73 Å². The fourth-order valence-electron chi connectivity index (χ4n) is 1.58. The molecule has 1 aromatic rings. The van der Waals surface area contributed by atoms with Crippen LogP contribution in [0.25, 0.3) is 0 Å². The molecule has 1 rings (SSSR count). The van der Waals surface area contributed by atoms with E-state index in [0.717, 1.165) is 16.7 Å². The number of phenols is 1. The molecule has 3 N–H and O–H groups in total. The molecular weight excluding hydrogens is 190 g/mol. The lowest BCUT2D eigenvalue weighted by Gasteiger charge is -2.28. The van der Waals surface area contributed by atoms with E-state index in [1.807, 2.05) is 32.9 Å².